The summed E-state index contributed by atoms with van der Waals surface area (Å²) in [6, 6.07) is 12.8. The zero-order valence-corrected chi connectivity index (χ0v) is 28.5. The Labute approximate surface area is 285 Å². The summed E-state index contributed by atoms with van der Waals surface area (Å²) in [6.07, 6.45) is 2.97. The first kappa shape index (κ1) is 35.6. The van der Waals surface area contributed by atoms with Crippen LogP contribution in [0.4, 0.5) is 0 Å². The lowest BCUT2D eigenvalue weighted by atomic mass is 9.69. The first-order valence-corrected chi connectivity index (χ1v) is 16.6. The fourth-order valence-corrected chi connectivity index (χ4v) is 6.68. The third kappa shape index (κ3) is 8.13. The lowest BCUT2D eigenvalue weighted by Gasteiger charge is -2.35. The van der Waals surface area contributed by atoms with Gasteiger partial charge >= 0.3 is 0 Å². The lowest BCUT2D eigenvalue weighted by molar-refractivity contribution is -0.130. The zero-order valence-electron chi connectivity index (χ0n) is 28.5. The Morgan fingerprint density at radius 1 is 0.980 bits per heavy atom. The van der Waals surface area contributed by atoms with Gasteiger partial charge in [-0.15, -0.1) is 5.10 Å². The number of aliphatic hydroxyl groups is 2. The second-order valence-electron chi connectivity index (χ2n) is 14.2. The van der Waals surface area contributed by atoms with E-state index in [4.69, 9.17) is 0 Å². The van der Waals surface area contributed by atoms with Gasteiger partial charge in [-0.05, 0) is 123 Å². The molecule has 0 spiro atoms. The lowest BCUT2D eigenvalue weighted by Crippen LogP contribution is -2.42. The average Bonchev–Trinajstić information content (AvgIpc) is 3.76. The number of carbonyl (C=O) groups excluding carboxylic acids is 3. The van der Waals surface area contributed by atoms with Crippen molar-refractivity contribution in [1.29, 1.82) is 5.26 Å². The van der Waals surface area contributed by atoms with Gasteiger partial charge in [0.25, 0.3) is 11.8 Å². The van der Waals surface area contributed by atoms with Crippen molar-refractivity contribution in [2.45, 2.75) is 82.5 Å². The molecule has 14 heteroatoms. The molecule has 14 nitrogen and oxygen atoms in total. The Morgan fingerprint density at radius 3 is 2.04 bits per heavy atom. The second kappa shape index (κ2) is 14.4. The van der Waals surface area contributed by atoms with E-state index < -0.39 is 22.7 Å². The monoisotopic (exact) mass is 671 g/mol. The molecule has 1 fully saturated rings. The van der Waals surface area contributed by atoms with E-state index in [0.717, 1.165) is 28.7 Å². The van der Waals surface area contributed by atoms with Gasteiger partial charge in [-0.25, -0.2) is 5.10 Å². The zero-order chi connectivity index (χ0) is 35.4. The number of hydrogen-bond acceptors (Lipinski definition) is 10. The molecule has 1 atom stereocenters. The molecule has 2 heterocycles. The summed E-state index contributed by atoms with van der Waals surface area (Å²) < 4.78 is 0. The number of aromatic amines is 1. The minimum absolute atomic E-state index is 0.0588. The number of hydrogen-bond donors (Lipinski definition) is 6. The highest BCUT2D eigenvalue weighted by Crippen LogP contribution is 2.46. The number of nitriles is 1. The molecule has 1 aromatic heterocycles. The van der Waals surface area contributed by atoms with Crippen molar-refractivity contribution in [2.75, 3.05) is 32.7 Å². The van der Waals surface area contributed by atoms with E-state index >= 15 is 0 Å². The fraction of sp³-hybridized carbons (Fsp3) is 0.514. The molecule has 1 aliphatic heterocycles. The number of carbonyl (C=O) groups is 3. The van der Waals surface area contributed by atoms with Crippen LogP contribution in [0.25, 0.3) is 0 Å². The van der Waals surface area contributed by atoms with Crippen molar-refractivity contribution in [3.05, 3.63) is 75.6 Å². The van der Waals surface area contributed by atoms with Crippen LogP contribution in [0.15, 0.2) is 36.4 Å². The van der Waals surface area contributed by atoms with Crippen LogP contribution in [0.1, 0.15) is 95.8 Å². The van der Waals surface area contributed by atoms with E-state index in [0.29, 0.717) is 55.7 Å². The second-order valence-corrected chi connectivity index (χ2v) is 14.2. The van der Waals surface area contributed by atoms with E-state index in [1.165, 1.54) is 0 Å². The summed E-state index contributed by atoms with van der Waals surface area (Å²) >= 11 is 0. The molecule has 1 saturated heterocycles. The molecule has 1 aliphatic carbocycles. The predicted octanol–water partition coefficient (Wildman–Crippen LogP) is 1.13. The van der Waals surface area contributed by atoms with Gasteiger partial charge in [0.2, 0.25) is 5.91 Å². The molecule has 3 aromatic rings. The number of aromatic nitrogens is 4. The standard InChI is InChI=1S/C35H45N9O5/c1-33(2,48)20-38-30(46)24-9-11-27-22(16-24)7-8-23-17-25(31(47)39-21-34(3,4)49)10-12-28(23)35(27,32-40-42-43-41-32)13-14-37-19-29(45)44-15-5-6-26(44)18-36/h9-12,16-17,26,37,48-49H,5-8,13-15,19-21H2,1-4H3,(H,38,46)(H,39,47)(H,40,41,42,43). The van der Waals surface area contributed by atoms with Gasteiger partial charge in [0.15, 0.2) is 5.82 Å². The number of aryl methyl sites for hydroxylation is 2. The Morgan fingerprint density at radius 2 is 1.55 bits per heavy atom. The van der Waals surface area contributed by atoms with E-state index in [9.17, 15) is 29.9 Å². The molecule has 260 valence electrons. The summed E-state index contributed by atoms with van der Waals surface area (Å²) in [5.41, 5.74) is 1.29. The SMILES string of the molecule is CC(C)(O)CNC(=O)c1ccc2c(c1)CCc1cc(C(=O)NCC(C)(C)O)ccc1C2(CCNCC(=O)N1CCCC1C#N)c1nnn[nH]1. The van der Waals surface area contributed by atoms with Crippen LogP contribution in [-0.4, -0.2) is 103 Å². The van der Waals surface area contributed by atoms with Crippen LogP contribution < -0.4 is 16.0 Å². The molecule has 1 unspecified atom stereocenters. The first-order chi connectivity index (χ1) is 23.2. The number of likely N-dealkylation sites (tertiary alicyclic amines) is 1. The molecule has 6 N–H and O–H groups in total. The van der Waals surface area contributed by atoms with Crippen molar-refractivity contribution >= 4 is 17.7 Å². The van der Waals surface area contributed by atoms with Gasteiger partial charge < -0.3 is 31.1 Å². The summed E-state index contributed by atoms with van der Waals surface area (Å²) in [6.45, 7) is 7.63. The molecule has 2 aromatic carbocycles. The van der Waals surface area contributed by atoms with Gasteiger partial charge in [0, 0.05) is 30.8 Å². The van der Waals surface area contributed by atoms with Gasteiger partial charge in [-0.2, -0.15) is 5.26 Å². The number of benzene rings is 2. The largest absolute Gasteiger partial charge is 0.389 e. The maximum atomic E-state index is 13.2. The van der Waals surface area contributed by atoms with Crippen LogP contribution in [0.2, 0.25) is 0 Å². The molecule has 49 heavy (non-hydrogen) atoms. The first-order valence-electron chi connectivity index (χ1n) is 16.6. The third-order valence-corrected chi connectivity index (χ3v) is 9.11. The number of nitrogens with zero attached hydrogens (tertiary/aromatic N) is 5. The van der Waals surface area contributed by atoms with Crippen molar-refractivity contribution in [3.8, 4) is 6.07 Å². The van der Waals surface area contributed by atoms with Gasteiger partial charge in [-0.3, -0.25) is 14.4 Å². The van der Waals surface area contributed by atoms with Crippen LogP contribution in [-0.2, 0) is 23.1 Å². The minimum atomic E-state index is -1.08. The van der Waals surface area contributed by atoms with Crippen molar-refractivity contribution < 1.29 is 24.6 Å². The molecular weight excluding hydrogens is 626 g/mol. The minimum Gasteiger partial charge on any atom is -0.389 e. The molecule has 2 aliphatic rings. The third-order valence-electron chi connectivity index (χ3n) is 9.11. The highest BCUT2D eigenvalue weighted by molar-refractivity contribution is 5.95. The van der Waals surface area contributed by atoms with E-state index in [-0.39, 0.29) is 37.4 Å². The maximum Gasteiger partial charge on any atom is 0.251 e. The van der Waals surface area contributed by atoms with Gasteiger partial charge in [0.05, 0.1) is 29.2 Å². The normalized spacial score (nSPS) is 17.0. The number of nitrogens with one attached hydrogen (secondary N) is 4. The Bertz CT molecular complexity index is 1640. The van der Waals surface area contributed by atoms with Crippen LogP contribution >= 0.6 is 0 Å². The molecular formula is C35H45N9O5. The van der Waals surface area contributed by atoms with Gasteiger partial charge in [-0.1, -0.05) is 12.1 Å². The quantitative estimate of drug-likeness (QED) is 0.151. The van der Waals surface area contributed by atoms with Gasteiger partial charge in [0.1, 0.15) is 6.04 Å². The maximum absolute atomic E-state index is 13.2. The van der Waals surface area contributed by atoms with Crippen molar-refractivity contribution in [1.82, 2.24) is 41.5 Å². The van der Waals surface area contributed by atoms with Crippen LogP contribution in [0, 0.1) is 11.3 Å². The number of rotatable bonds is 12. The van der Waals surface area contributed by atoms with Crippen LogP contribution in [0.5, 0.6) is 0 Å². The van der Waals surface area contributed by atoms with E-state index in [2.05, 4.69) is 42.6 Å². The molecule has 0 radical (unpaired) electrons. The number of fused-ring (bicyclic) bond motifs is 2. The smallest absolute Gasteiger partial charge is 0.251 e. The summed E-state index contributed by atoms with van der Waals surface area (Å²) in [7, 11) is 0. The van der Waals surface area contributed by atoms with E-state index in [1.807, 2.05) is 24.3 Å². The van der Waals surface area contributed by atoms with Crippen molar-refractivity contribution in [3.63, 3.8) is 0 Å². The number of tetrazole rings is 1. The number of H-pyrrole nitrogens is 1. The predicted molar refractivity (Wildman–Crippen MR) is 179 cm³/mol. The number of amides is 3. The van der Waals surface area contributed by atoms with Crippen molar-refractivity contribution in [2.24, 2.45) is 0 Å². The Balaban J connectivity index is 1.53. The van der Waals surface area contributed by atoms with Crippen LogP contribution in [0.3, 0.4) is 0 Å². The highest BCUT2D eigenvalue weighted by Gasteiger charge is 2.44. The molecule has 3 amide bonds. The summed E-state index contributed by atoms with van der Waals surface area (Å²) in [5.74, 6) is -0.304. The summed E-state index contributed by atoms with van der Waals surface area (Å²) in [4.78, 5) is 41.0. The topological polar surface area (TPSA) is 209 Å². The highest BCUT2D eigenvalue weighted by atomic mass is 16.3. The molecule has 0 saturated carbocycles. The average molecular weight is 672 g/mol. The molecule has 0 bridgehead atoms. The van der Waals surface area contributed by atoms with E-state index in [1.54, 1.807) is 44.7 Å². The molecule has 5 rings (SSSR count). The Hall–Kier alpha value is -4.71. The summed E-state index contributed by atoms with van der Waals surface area (Å²) in [5, 5.41) is 53.9. The Kier molecular flexibility index (Phi) is 10.5. The fourth-order valence-electron chi connectivity index (χ4n) is 6.68.